The van der Waals surface area contributed by atoms with Gasteiger partial charge in [-0.15, -0.1) is 11.3 Å². The lowest BCUT2D eigenvalue weighted by Gasteiger charge is -2.12. The zero-order chi connectivity index (χ0) is 19.2. The van der Waals surface area contributed by atoms with Gasteiger partial charge in [0.25, 0.3) is 0 Å². The van der Waals surface area contributed by atoms with Crippen LogP contribution in [0.25, 0.3) is 10.2 Å². The molecule has 0 bridgehead atoms. The molecule has 0 fully saturated rings. The molecule has 0 saturated carbocycles. The molecule has 0 aliphatic heterocycles. The van der Waals surface area contributed by atoms with Crippen LogP contribution in [0.1, 0.15) is 23.4 Å². The van der Waals surface area contributed by atoms with Crippen molar-refractivity contribution in [3.63, 3.8) is 0 Å². The quantitative estimate of drug-likeness (QED) is 0.502. The van der Waals surface area contributed by atoms with Crippen molar-refractivity contribution >= 4 is 43.4 Å². The SMILES string of the molecule is O=C(CCCc1nc2ccccc2s1)NCc1cc(Br)ccc1OC(F)F. The number of para-hydroxylation sites is 1. The van der Waals surface area contributed by atoms with Crippen LogP contribution in [0.5, 0.6) is 5.75 Å². The summed E-state index contributed by atoms with van der Waals surface area (Å²) in [6.45, 7) is -2.78. The molecule has 8 heteroatoms. The zero-order valence-electron chi connectivity index (χ0n) is 14.3. The van der Waals surface area contributed by atoms with Crippen molar-refractivity contribution in [2.75, 3.05) is 0 Å². The fourth-order valence-electron chi connectivity index (χ4n) is 2.61. The lowest BCUT2D eigenvalue weighted by Crippen LogP contribution is -2.23. The van der Waals surface area contributed by atoms with Crippen LogP contribution in [-0.4, -0.2) is 17.5 Å². The number of ether oxygens (including phenoxy) is 1. The highest BCUT2D eigenvalue weighted by atomic mass is 79.9. The van der Waals surface area contributed by atoms with E-state index in [-0.39, 0.29) is 18.2 Å². The fourth-order valence-corrected chi connectivity index (χ4v) is 4.02. The van der Waals surface area contributed by atoms with Gasteiger partial charge in [0, 0.05) is 23.0 Å². The van der Waals surface area contributed by atoms with Gasteiger partial charge in [0.05, 0.1) is 15.2 Å². The highest BCUT2D eigenvalue weighted by Crippen LogP contribution is 2.25. The van der Waals surface area contributed by atoms with Crippen molar-refractivity contribution in [3.05, 3.63) is 57.5 Å². The van der Waals surface area contributed by atoms with Crippen LogP contribution in [0.3, 0.4) is 0 Å². The number of amides is 1. The van der Waals surface area contributed by atoms with Gasteiger partial charge in [-0.3, -0.25) is 4.79 Å². The summed E-state index contributed by atoms with van der Waals surface area (Å²) in [7, 11) is 0. The first-order valence-corrected chi connectivity index (χ1v) is 9.96. The first kappa shape index (κ1) is 19.7. The van der Waals surface area contributed by atoms with E-state index in [9.17, 15) is 13.6 Å². The molecule has 0 atom stereocenters. The second-order valence-electron chi connectivity index (χ2n) is 5.84. The summed E-state index contributed by atoms with van der Waals surface area (Å²) in [5.41, 5.74) is 1.47. The Morgan fingerprint density at radius 2 is 2.07 bits per heavy atom. The Kier molecular flexibility index (Phi) is 6.73. The van der Waals surface area contributed by atoms with Crippen molar-refractivity contribution in [1.82, 2.24) is 10.3 Å². The van der Waals surface area contributed by atoms with Gasteiger partial charge in [-0.05, 0) is 43.2 Å². The average molecular weight is 455 g/mol. The van der Waals surface area contributed by atoms with Crippen molar-refractivity contribution < 1.29 is 18.3 Å². The van der Waals surface area contributed by atoms with Gasteiger partial charge in [-0.25, -0.2) is 4.98 Å². The number of hydrogen-bond acceptors (Lipinski definition) is 4. The van der Waals surface area contributed by atoms with E-state index in [4.69, 9.17) is 0 Å². The maximum Gasteiger partial charge on any atom is 0.387 e. The van der Waals surface area contributed by atoms with E-state index in [0.717, 1.165) is 26.1 Å². The molecule has 1 amide bonds. The van der Waals surface area contributed by atoms with Crippen LogP contribution >= 0.6 is 27.3 Å². The van der Waals surface area contributed by atoms with Crippen LogP contribution in [-0.2, 0) is 17.8 Å². The highest BCUT2D eigenvalue weighted by Gasteiger charge is 2.12. The summed E-state index contributed by atoms with van der Waals surface area (Å²) >= 11 is 4.92. The molecule has 3 aromatic rings. The molecular formula is C19H17BrF2N2O2S. The van der Waals surface area contributed by atoms with Gasteiger partial charge in [0.1, 0.15) is 5.75 Å². The summed E-state index contributed by atoms with van der Waals surface area (Å²) in [6.07, 6.45) is 1.74. The van der Waals surface area contributed by atoms with Crippen molar-refractivity contribution in [1.29, 1.82) is 0 Å². The van der Waals surface area contributed by atoms with Gasteiger partial charge >= 0.3 is 6.61 Å². The maximum absolute atomic E-state index is 12.5. The molecule has 27 heavy (non-hydrogen) atoms. The number of rotatable bonds is 8. The Morgan fingerprint density at radius 1 is 1.26 bits per heavy atom. The third-order valence-electron chi connectivity index (χ3n) is 3.85. The molecule has 3 rings (SSSR count). The van der Waals surface area contributed by atoms with Crippen molar-refractivity contribution in [3.8, 4) is 5.75 Å². The first-order valence-electron chi connectivity index (χ1n) is 8.35. The van der Waals surface area contributed by atoms with E-state index in [1.54, 1.807) is 23.5 Å². The van der Waals surface area contributed by atoms with E-state index < -0.39 is 6.61 Å². The summed E-state index contributed by atoms with van der Waals surface area (Å²) in [5.74, 6) is -0.0814. The Labute approximate surface area is 167 Å². The second-order valence-corrected chi connectivity index (χ2v) is 7.87. The molecule has 2 aromatic carbocycles. The smallest absolute Gasteiger partial charge is 0.387 e. The normalized spacial score (nSPS) is 11.1. The molecule has 0 aliphatic carbocycles. The Bertz CT molecular complexity index is 900. The van der Waals surface area contributed by atoms with E-state index in [1.807, 2.05) is 24.3 Å². The van der Waals surface area contributed by atoms with Crippen LogP contribution in [0, 0.1) is 0 Å². The average Bonchev–Trinajstić information content (AvgIpc) is 3.04. The highest BCUT2D eigenvalue weighted by molar-refractivity contribution is 9.10. The van der Waals surface area contributed by atoms with Gasteiger partial charge in [-0.2, -0.15) is 8.78 Å². The van der Waals surface area contributed by atoms with Crippen LogP contribution in [0.2, 0.25) is 0 Å². The Morgan fingerprint density at radius 3 is 2.85 bits per heavy atom. The molecule has 0 radical (unpaired) electrons. The number of aryl methyl sites for hydroxylation is 1. The lowest BCUT2D eigenvalue weighted by molar-refractivity contribution is -0.121. The van der Waals surface area contributed by atoms with E-state index in [2.05, 4.69) is 31.0 Å². The Balaban J connectivity index is 1.49. The van der Waals surface area contributed by atoms with Crippen LogP contribution in [0.4, 0.5) is 8.78 Å². The third-order valence-corrected chi connectivity index (χ3v) is 5.44. The third kappa shape index (κ3) is 5.71. The molecule has 0 unspecified atom stereocenters. The number of alkyl halides is 2. The van der Waals surface area contributed by atoms with Crippen LogP contribution < -0.4 is 10.1 Å². The number of carbonyl (C=O) groups excluding carboxylic acids is 1. The summed E-state index contributed by atoms with van der Waals surface area (Å²) in [6, 6.07) is 12.6. The Hall–Kier alpha value is -2.06. The zero-order valence-corrected chi connectivity index (χ0v) is 16.7. The van der Waals surface area contributed by atoms with Gasteiger partial charge in [0.15, 0.2) is 0 Å². The second kappa shape index (κ2) is 9.23. The number of fused-ring (bicyclic) bond motifs is 1. The molecule has 1 heterocycles. The molecule has 0 saturated heterocycles. The van der Waals surface area contributed by atoms with Crippen molar-refractivity contribution in [2.45, 2.75) is 32.4 Å². The molecular weight excluding hydrogens is 438 g/mol. The number of halogens is 3. The molecule has 0 aliphatic rings. The lowest BCUT2D eigenvalue weighted by atomic mass is 10.2. The number of nitrogens with one attached hydrogen (secondary N) is 1. The van der Waals surface area contributed by atoms with Gasteiger partial charge < -0.3 is 10.1 Å². The summed E-state index contributed by atoms with van der Waals surface area (Å²) < 4.78 is 31.3. The van der Waals surface area contributed by atoms with Crippen LogP contribution in [0.15, 0.2) is 46.9 Å². The topological polar surface area (TPSA) is 51.2 Å². The summed E-state index contributed by atoms with van der Waals surface area (Å²) in [5, 5.41) is 3.75. The minimum absolute atomic E-state index is 0.0583. The van der Waals surface area contributed by atoms with Gasteiger partial charge in [0.2, 0.25) is 5.91 Å². The molecule has 1 N–H and O–H groups in total. The van der Waals surface area contributed by atoms with Crippen molar-refractivity contribution in [2.24, 2.45) is 0 Å². The molecule has 4 nitrogen and oxygen atoms in total. The standard InChI is InChI=1S/C19H17BrF2N2O2S/c20-13-8-9-15(26-19(21)22)12(10-13)11-23-17(25)6-3-7-18-24-14-4-1-2-5-16(14)27-18/h1-2,4-5,8-10,19H,3,6-7,11H2,(H,23,25). The monoisotopic (exact) mass is 454 g/mol. The predicted octanol–water partition coefficient (Wildman–Crippen LogP) is 5.30. The number of nitrogens with zero attached hydrogens (tertiary/aromatic N) is 1. The maximum atomic E-state index is 12.5. The summed E-state index contributed by atoms with van der Waals surface area (Å²) in [4.78, 5) is 16.6. The number of benzene rings is 2. The molecule has 0 spiro atoms. The number of thiazole rings is 1. The number of aromatic nitrogens is 1. The first-order chi connectivity index (χ1) is 13.0. The molecule has 1 aromatic heterocycles. The largest absolute Gasteiger partial charge is 0.434 e. The van der Waals surface area contributed by atoms with E-state index in [1.165, 1.54) is 6.07 Å². The fraction of sp³-hybridized carbons (Fsp3) is 0.263. The number of carbonyl (C=O) groups is 1. The number of hydrogen-bond donors (Lipinski definition) is 1. The molecule has 142 valence electrons. The van der Waals surface area contributed by atoms with Gasteiger partial charge in [-0.1, -0.05) is 28.1 Å². The van der Waals surface area contributed by atoms with E-state index >= 15 is 0 Å². The minimum Gasteiger partial charge on any atom is -0.434 e. The van der Waals surface area contributed by atoms with E-state index in [0.29, 0.717) is 18.4 Å². The minimum atomic E-state index is -2.91. The predicted molar refractivity (Wildman–Crippen MR) is 105 cm³/mol.